The summed E-state index contributed by atoms with van der Waals surface area (Å²) in [6, 6.07) is 4.80. The minimum atomic E-state index is -0.279. The molecule has 1 aromatic carbocycles. The zero-order valence-electron chi connectivity index (χ0n) is 7.87. The van der Waals surface area contributed by atoms with Crippen molar-refractivity contribution in [2.24, 2.45) is 7.05 Å². The zero-order chi connectivity index (χ0) is 10.1. The molecule has 0 bridgehead atoms. The van der Waals surface area contributed by atoms with Crippen LogP contribution in [-0.2, 0) is 13.5 Å². The summed E-state index contributed by atoms with van der Waals surface area (Å²) in [5, 5.41) is 13.5. The third kappa shape index (κ3) is 1.28. The van der Waals surface area contributed by atoms with Crippen molar-refractivity contribution >= 4 is 10.9 Å². The lowest BCUT2D eigenvalue weighted by atomic mass is 10.1. The maximum Gasteiger partial charge on any atom is 0.134 e. The number of aryl methyl sites for hydroxylation is 1. The van der Waals surface area contributed by atoms with Crippen LogP contribution >= 0.6 is 0 Å². The molecule has 0 aliphatic heterocycles. The van der Waals surface area contributed by atoms with Gasteiger partial charge in [0.25, 0.3) is 0 Å². The Morgan fingerprint density at radius 1 is 1.50 bits per heavy atom. The van der Waals surface area contributed by atoms with Gasteiger partial charge in [-0.25, -0.2) is 4.39 Å². The number of aliphatic hydroxyl groups is 1. The Bertz CT molecular complexity index is 464. The highest BCUT2D eigenvalue weighted by Crippen LogP contribution is 2.21. The fourth-order valence-electron chi connectivity index (χ4n) is 1.66. The van der Waals surface area contributed by atoms with E-state index in [1.54, 1.807) is 23.9 Å². The first-order valence-corrected chi connectivity index (χ1v) is 4.45. The monoisotopic (exact) mass is 194 g/mol. The standard InChI is InChI=1S/C10H11FN2O/c1-13-9(5-6-14)10-7(11)3-2-4-8(10)12-13/h2-4,14H,5-6H2,1H3. The van der Waals surface area contributed by atoms with Gasteiger partial charge in [0.15, 0.2) is 0 Å². The molecule has 14 heavy (non-hydrogen) atoms. The van der Waals surface area contributed by atoms with Crippen LogP contribution in [0.5, 0.6) is 0 Å². The fraction of sp³-hybridized carbons (Fsp3) is 0.300. The molecule has 0 unspecified atom stereocenters. The Morgan fingerprint density at radius 2 is 2.29 bits per heavy atom. The highest BCUT2D eigenvalue weighted by Gasteiger charge is 2.11. The van der Waals surface area contributed by atoms with Crippen LogP contribution in [0, 0.1) is 5.82 Å². The Kier molecular flexibility index (Phi) is 2.21. The number of aromatic nitrogens is 2. The maximum absolute atomic E-state index is 13.4. The molecule has 0 atom stereocenters. The molecule has 0 fully saturated rings. The van der Waals surface area contributed by atoms with Crippen molar-refractivity contribution in [1.82, 2.24) is 9.78 Å². The molecule has 1 aromatic heterocycles. The van der Waals surface area contributed by atoms with Gasteiger partial charge in [0.2, 0.25) is 0 Å². The van der Waals surface area contributed by atoms with Crippen LogP contribution in [0.2, 0.25) is 0 Å². The van der Waals surface area contributed by atoms with Gasteiger partial charge in [-0.2, -0.15) is 5.10 Å². The lowest BCUT2D eigenvalue weighted by molar-refractivity contribution is 0.296. The first-order chi connectivity index (χ1) is 6.74. The molecule has 0 saturated heterocycles. The first-order valence-electron chi connectivity index (χ1n) is 4.45. The SMILES string of the molecule is Cn1nc2cccc(F)c2c1CCO. The molecule has 1 heterocycles. The minimum absolute atomic E-state index is 0.00294. The van der Waals surface area contributed by atoms with Gasteiger partial charge in [0.1, 0.15) is 5.82 Å². The van der Waals surface area contributed by atoms with Crippen molar-refractivity contribution < 1.29 is 9.50 Å². The quantitative estimate of drug-likeness (QED) is 0.781. The molecule has 0 saturated carbocycles. The summed E-state index contributed by atoms with van der Waals surface area (Å²) < 4.78 is 15.1. The summed E-state index contributed by atoms with van der Waals surface area (Å²) in [5.74, 6) is -0.279. The molecule has 74 valence electrons. The van der Waals surface area contributed by atoms with Gasteiger partial charge >= 0.3 is 0 Å². The van der Waals surface area contributed by atoms with E-state index in [9.17, 15) is 4.39 Å². The molecule has 1 N–H and O–H groups in total. The van der Waals surface area contributed by atoms with Gasteiger partial charge in [0.05, 0.1) is 16.6 Å². The maximum atomic E-state index is 13.4. The van der Waals surface area contributed by atoms with Crippen molar-refractivity contribution in [3.63, 3.8) is 0 Å². The minimum Gasteiger partial charge on any atom is -0.396 e. The summed E-state index contributed by atoms with van der Waals surface area (Å²) in [5.41, 5.74) is 1.37. The van der Waals surface area contributed by atoms with E-state index in [0.29, 0.717) is 17.3 Å². The Hall–Kier alpha value is -1.42. The molecule has 0 radical (unpaired) electrons. The number of hydrogen-bond donors (Lipinski definition) is 1. The van der Waals surface area contributed by atoms with Gasteiger partial charge in [0, 0.05) is 20.1 Å². The van der Waals surface area contributed by atoms with Crippen molar-refractivity contribution in [2.75, 3.05) is 6.61 Å². The molecular weight excluding hydrogens is 183 g/mol. The summed E-state index contributed by atoms with van der Waals surface area (Å²) in [4.78, 5) is 0. The lowest BCUT2D eigenvalue weighted by Crippen LogP contribution is -2.01. The van der Waals surface area contributed by atoms with Crippen molar-refractivity contribution in [3.8, 4) is 0 Å². The summed E-state index contributed by atoms with van der Waals surface area (Å²) >= 11 is 0. The molecule has 0 amide bonds. The van der Waals surface area contributed by atoms with Gasteiger partial charge in [-0.05, 0) is 12.1 Å². The highest BCUT2D eigenvalue weighted by molar-refractivity contribution is 5.82. The van der Waals surface area contributed by atoms with Crippen LogP contribution in [0.3, 0.4) is 0 Å². The predicted molar refractivity (Wildman–Crippen MR) is 51.5 cm³/mol. The molecular formula is C10H11FN2O. The number of aliphatic hydroxyl groups excluding tert-OH is 1. The number of rotatable bonds is 2. The molecule has 2 rings (SSSR count). The normalized spacial score (nSPS) is 11.1. The third-order valence-corrected chi connectivity index (χ3v) is 2.28. The zero-order valence-corrected chi connectivity index (χ0v) is 7.87. The Labute approximate surface area is 80.8 Å². The number of hydrogen-bond acceptors (Lipinski definition) is 2. The predicted octanol–water partition coefficient (Wildman–Crippen LogP) is 1.25. The van der Waals surface area contributed by atoms with E-state index in [1.807, 2.05) is 0 Å². The number of halogens is 1. The topological polar surface area (TPSA) is 38.0 Å². The smallest absolute Gasteiger partial charge is 0.134 e. The van der Waals surface area contributed by atoms with Crippen LogP contribution in [0.1, 0.15) is 5.69 Å². The lowest BCUT2D eigenvalue weighted by Gasteiger charge is -1.99. The van der Waals surface area contributed by atoms with Gasteiger partial charge < -0.3 is 5.11 Å². The van der Waals surface area contributed by atoms with Crippen LogP contribution in [0.4, 0.5) is 4.39 Å². The molecule has 3 nitrogen and oxygen atoms in total. The number of benzene rings is 1. The van der Waals surface area contributed by atoms with Gasteiger partial charge in [-0.3, -0.25) is 4.68 Å². The number of fused-ring (bicyclic) bond motifs is 1. The van der Waals surface area contributed by atoms with Crippen molar-refractivity contribution in [2.45, 2.75) is 6.42 Å². The van der Waals surface area contributed by atoms with Crippen LogP contribution in [-0.4, -0.2) is 21.5 Å². The molecule has 4 heteroatoms. The Morgan fingerprint density at radius 3 is 3.00 bits per heavy atom. The van der Waals surface area contributed by atoms with E-state index in [4.69, 9.17) is 5.11 Å². The van der Waals surface area contributed by atoms with Gasteiger partial charge in [-0.15, -0.1) is 0 Å². The van der Waals surface area contributed by atoms with E-state index < -0.39 is 0 Å². The largest absolute Gasteiger partial charge is 0.396 e. The van der Waals surface area contributed by atoms with E-state index in [0.717, 1.165) is 5.69 Å². The van der Waals surface area contributed by atoms with Crippen LogP contribution < -0.4 is 0 Å². The second kappa shape index (κ2) is 3.38. The van der Waals surface area contributed by atoms with Gasteiger partial charge in [-0.1, -0.05) is 6.07 Å². The second-order valence-corrected chi connectivity index (χ2v) is 3.18. The van der Waals surface area contributed by atoms with Crippen LogP contribution in [0.25, 0.3) is 10.9 Å². The van der Waals surface area contributed by atoms with E-state index in [-0.39, 0.29) is 12.4 Å². The molecule has 0 aliphatic rings. The molecule has 2 aromatic rings. The first kappa shape index (κ1) is 9.15. The third-order valence-electron chi connectivity index (χ3n) is 2.28. The average Bonchev–Trinajstić information content (AvgIpc) is 2.45. The average molecular weight is 194 g/mol. The fourth-order valence-corrected chi connectivity index (χ4v) is 1.66. The second-order valence-electron chi connectivity index (χ2n) is 3.18. The van der Waals surface area contributed by atoms with Crippen LogP contribution in [0.15, 0.2) is 18.2 Å². The summed E-state index contributed by atoms with van der Waals surface area (Å²) in [6.45, 7) is 0.00294. The van der Waals surface area contributed by atoms with E-state index in [1.165, 1.54) is 6.07 Å². The van der Waals surface area contributed by atoms with Crippen molar-refractivity contribution in [1.29, 1.82) is 0 Å². The highest BCUT2D eigenvalue weighted by atomic mass is 19.1. The van der Waals surface area contributed by atoms with Crippen molar-refractivity contribution in [3.05, 3.63) is 29.7 Å². The molecule has 0 aliphatic carbocycles. The molecule has 0 spiro atoms. The Balaban J connectivity index is 2.73. The summed E-state index contributed by atoms with van der Waals surface area (Å²) in [7, 11) is 1.75. The van der Waals surface area contributed by atoms with E-state index >= 15 is 0 Å². The van der Waals surface area contributed by atoms with E-state index in [2.05, 4.69) is 5.10 Å². The number of nitrogens with zero attached hydrogens (tertiary/aromatic N) is 2. The summed E-state index contributed by atoms with van der Waals surface area (Å²) in [6.07, 6.45) is 0.425.